The van der Waals surface area contributed by atoms with Gasteiger partial charge in [0.1, 0.15) is 0 Å². The summed E-state index contributed by atoms with van der Waals surface area (Å²) in [5, 5.41) is 14.9. The van der Waals surface area contributed by atoms with Crippen molar-refractivity contribution in [3.05, 3.63) is 39.9 Å². The zero-order chi connectivity index (χ0) is 16.4. The molecule has 0 spiro atoms. The van der Waals surface area contributed by atoms with Crippen LogP contribution in [0.3, 0.4) is 0 Å². The van der Waals surface area contributed by atoms with Crippen LogP contribution in [0.5, 0.6) is 0 Å². The molecule has 0 heterocycles. The van der Waals surface area contributed by atoms with Gasteiger partial charge in [-0.1, -0.05) is 18.6 Å². The van der Waals surface area contributed by atoms with Crippen molar-refractivity contribution in [3.63, 3.8) is 0 Å². The lowest BCUT2D eigenvalue weighted by Gasteiger charge is -2.21. The quantitative estimate of drug-likeness (QED) is 0.515. The van der Waals surface area contributed by atoms with Crippen LogP contribution in [-0.4, -0.2) is 16.5 Å². The average Bonchev–Trinajstić information content (AvgIpc) is 3.16. The van der Waals surface area contributed by atoms with Crippen molar-refractivity contribution in [3.8, 4) is 0 Å². The molecule has 0 aliphatic heterocycles. The van der Waals surface area contributed by atoms with Crippen molar-refractivity contribution in [2.45, 2.75) is 39.0 Å². The molecule has 122 valence electrons. The molecule has 0 saturated heterocycles. The molecule has 23 heavy (non-hydrogen) atoms. The molecule has 0 radical (unpaired) electrons. The Morgan fingerprint density at radius 2 is 2.04 bits per heavy atom. The number of fused-ring (bicyclic) bond motifs is 2. The van der Waals surface area contributed by atoms with E-state index in [1.807, 2.05) is 6.92 Å². The van der Waals surface area contributed by atoms with Gasteiger partial charge in [-0.3, -0.25) is 14.9 Å². The Labute approximate surface area is 135 Å². The second-order valence-electron chi connectivity index (χ2n) is 6.67. The molecule has 3 rings (SSSR count). The lowest BCUT2D eigenvalue weighted by molar-refractivity contribution is -0.384. The van der Waals surface area contributed by atoms with E-state index in [0.29, 0.717) is 5.92 Å². The molecule has 6 heteroatoms. The number of hydrogen-bond acceptors (Lipinski definition) is 4. The summed E-state index contributed by atoms with van der Waals surface area (Å²) in [6, 6.07) is 6.02. The van der Waals surface area contributed by atoms with Crippen LogP contribution in [0, 0.1) is 27.9 Å². The minimum absolute atomic E-state index is 0.0271. The van der Waals surface area contributed by atoms with Crippen LogP contribution < -0.4 is 5.43 Å². The maximum Gasteiger partial charge on any atom is 0.269 e. The van der Waals surface area contributed by atoms with Gasteiger partial charge in [-0.15, -0.1) is 0 Å². The van der Waals surface area contributed by atoms with Gasteiger partial charge in [0, 0.05) is 23.8 Å². The molecule has 2 saturated carbocycles. The zero-order valence-corrected chi connectivity index (χ0v) is 13.2. The van der Waals surface area contributed by atoms with Gasteiger partial charge >= 0.3 is 0 Å². The highest BCUT2D eigenvalue weighted by atomic mass is 16.6. The number of non-ortho nitro benzene ring substituents is 1. The Morgan fingerprint density at radius 3 is 2.61 bits per heavy atom. The summed E-state index contributed by atoms with van der Waals surface area (Å²) in [6.07, 6.45) is 5.33. The maximum absolute atomic E-state index is 12.0. The lowest BCUT2D eigenvalue weighted by Crippen LogP contribution is -2.25. The van der Waals surface area contributed by atoms with E-state index in [-0.39, 0.29) is 18.0 Å². The Hall–Kier alpha value is -2.24. The topological polar surface area (TPSA) is 84.6 Å². The number of nitro groups is 1. The summed E-state index contributed by atoms with van der Waals surface area (Å²) in [7, 11) is 0. The SMILES string of the molecule is C/C(=N/NC(=O)Cc1ccc([N+](=O)[O-])cc1)[C@@H]1C[C@@H]2CC[C@@H]1C2. The van der Waals surface area contributed by atoms with Gasteiger partial charge in [0.05, 0.1) is 11.3 Å². The number of carbonyl (C=O) groups excluding carboxylic acids is 1. The van der Waals surface area contributed by atoms with Crippen LogP contribution in [0.1, 0.15) is 38.2 Å². The van der Waals surface area contributed by atoms with Crippen LogP contribution in [0.2, 0.25) is 0 Å². The number of nitro benzene ring substituents is 1. The molecule has 2 bridgehead atoms. The first-order valence-electron chi connectivity index (χ1n) is 8.09. The van der Waals surface area contributed by atoms with Crippen LogP contribution in [0.15, 0.2) is 29.4 Å². The van der Waals surface area contributed by atoms with Gasteiger partial charge in [0.25, 0.3) is 5.69 Å². The third-order valence-electron chi connectivity index (χ3n) is 5.14. The van der Waals surface area contributed by atoms with Crippen molar-refractivity contribution < 1.29 is 9.72 Å². The number of nitrogens with one attached hydrogen (secondary N) is 1. The summed E-state index contributed by atoms with van der Waals surface area (Å²) in [6.45, 7) is 2.00. The molecular formula is C17H21N3O3. The van der Waals surface area contributed by atoms with Crippen molar-refractivity contribution in [1.29, 1.82) is 0 Å². The Morgan fingerprint density at radius 1 is 1.30 bits per heavy atom. The average molecular weight is 315 g/mol. The van der Waals surface area contributed by atoms with E-state index in [2.05, 4.69) is 10.5 Å². The third-order valence-corrected chi connectivity index (χ3v) is 5.14. The number of hydrogen-bond donors (Lipinski definition) is 1. The molecule has 2 aliphatic carbocycles. The fourth-order valence-electron chi connectivity index (χ4n) is 3.95. The molecule has 1 aromatic rings. The van der Waals surface area contributed by atoms with E-state index >= 15 is 0 Å². The predicted octanol–water partition coefficient (Wildman–Crippen LogP) is 3.07. The fourth-order valence-corrected chi connectivity index (χ4v) is 3.95. The van der Waals surface area contributed by atoms with E-state index in [0.717, 1.165) is 23.1 Å². The molecule has 1 N–H and O–H groups in total. The normalized spacial score (nSPS) is 26.3. The lowest BCUT2D eigenvalue weighted by atomic mass is 9.86. The highest BCUT2D eigenvalue weighted by Gasteiger charge is 2.40. The second-order valence-corrected chi connectivity index (χ2v) is 6.67. The molecule has 0 aromatic heterocycles. The fraction of sp³-hybridized carbons (Fsp3) is 0.529. The van der Waals surface area contributed by atoms with E-state index < -0.39 is 4.92 Å². The third kappa shape index (κ3) is 3.57. The first kappa shape index (κ1) is 15.6. The van der Waals surface area contributed by atoms with E-state index in [1.165, 1.54) is 37.8 Å². The predicted molar refractivity (Wildman–Crippen MR) is 87.0 cm³/mol. The highest BCUT2D eigenvalue weighted by Crippen LogP contribution is 2.48. The molecule has 3 atom stereocenters. The Kier molecular flexibility index (Phi) is 4.41. The molecule has 2 aliphatic rings. The summed E-state index contributed by atoms with van der Waals surface area (Å²) >= 11 is 0. The number of carbonyl (C=O) groups is 1. The minimum atomic E-state index is -0.452. The van der Waals surface area contributed by atoms with Gasteiger partial charge < -0.3 is 0 Å². The number of rotatable bonds is 5. The van der Waals surface area contributed by atoms with Crippen molar-refractivity contribution in [2.75, 3.05) is 0 Å². The molecule has 1 aromatic carbocycles. The van der Waals surface area contributed by atoms with Gasteiger partial charge in [-0.05, 0) is 43.6 Å². The zero-order valence-electron chi connectivity index (χ0n) is 13.2. The monoisotopic (exact) mass is 315 g/mol. The van der Waals surface area contributed by atoms with Crippen LogP contribution >= 0.6 is 0 Å². The molecule has 0 unspecified atom stereocenters. The summed E-state index contributed by atoms with van der Waals surface area (Å²) in [5.41, 5.74) is 4.41. The summed E-state index contributed by atoms with van der Waals surface area (Å²) < 4.78 is 0. The molecular weight excluding hydrogens is 294 g/mol. The first-order chi connectivity index (χ1) is 11.0. The van der Waals surface area contributed by atoms with Crippen molar-refractivity contribution in [2.24, 2.45) is 22.9 Å². The van der Waals surface area contributed by atoms with Crippen LogP contribution in [0.4, 0.5) is 5.69 Å². The van der Waals surface area contributed by atoms with Crippen LogP contribution in [-0.2, 0) is 11.2 Å². The molecule has 2 fully saturated rings. The van der Waals surface area contributed by atoms with Gasteiger partial charge in [-0.25, -0.2) is 5.43 Å². The van der Waals surface area contributed by atoms with E-state index in [1.54, 1.807) is 12.1 Å². The van der Waals surface area contributed by atoms with Gasteiger partial charge in [0.15, 0.2) is 0 Å². The molecule has 1 amide bonds. The number of amides is 1. The number of hydrazone groups is 1. The smallest absolute Gasteiger partial charge is 0.269 e. The number of benzene rings is 1. The van der Waals surface area contributed by atoms with E-state index in [9.17, 15) is 14.9 Å². The molecule has 6 nitrogen and oxygen atoms in total. The Bertz CT molecular complexity index is 639. The number of nitrogens with zero attached hydrogens (tertiary/aromatic N) is 2. The first-order valence-corrected chi connectivity index (χ1v) is 8.09. The summed E-state index contributed by atoms with van der Waals surface area (Å²) in [4.78, 5) is 22.1. The van der Waals surface area contributed by atoms with Gasteiger partial charge in [0.2, 0.25) is 5.91 Å². The minimum Gasteiger partial charge on any atom is -0.273 e. The van der Waals surface area contributed by atoms with E-state index in [4.69, 9.17) is 0 Å². The second kappa shape index (κ2) is 6.48. The largest absolute Gasteiger partial charge is 0.273 e. The van der Waals surface area contributed by atoms with Crippen LogP contribution in [0.25, 0.3) is 0 Å². The van der Waals surface area contributed by atoms with Crippen molar-refractivity contribution >= 4 is 17.3 Å². The maximum atomic E-state index is 12.0. The summed E-state index contributed by atoms with van der Waals surface area (Å²) in [5.74, 6) is 1.93. The highest BCUT2D eigenvalue weighted by molar-refractivity contribution is 5.87. The standard InChI is InChI=1S/C17H21N3O3/c1-11(16-9-13-2-5-14(16)8-13)18-19-17(21)10-12-3-6-15(7-4-12)20(22)23/h3-4,6-7,13-14,16H,2,5,8-10H2,1H3,(H,19,21)/b18-11-/t13-,14-,16+/m1/s1. The van der Waals surface area contributed by atoms with Crippen molar-refractivity contribution in [1.82, 2.24) is 5.43 Å². The van der Waals surface area contributed by atoms with Gasteiger partial charge in [-0.2, -0.15) is 5.10 Å². The Balaban J connectivity index is 1.53.